The van der Waals surface area contributed by atoms with Crippen molar-refractivity contribution in [3.8, 4) is 11.5 Å². The van der Waals surface area contributed by atoms with Gasteiger partial charge in [-0.1, -0.05) is 0 Å². The van der Waals surface area contributed by atoms with Gasteiger partial charge in [-0.3, -0.25) is 0 Å². The summed E-state index contributed by atoms with van der Waals surface area (Å²) in [4.78, 5) is 0. The molecule has 1 aromatic rings. The van der Waals surface area contributed by atoms with Gasteiger partial charge < -0.3 is 9.47 Å². The first-order valence-electron chi connectivity index (χ1n) is 5.48. The maximum Gasteiger partial charge on any atom is 0.161 e. The third-order valence-electron chi connectivity index (χ3n) is 3.30. The Kier molecular flexibility index (Phi) is 3.06. The van der Waals surface area contributed by atoms with E-state index in [1.165, 1.54) is 23.3 Å². The van der Waals surface area contributed by atoms with E-state index in [1.54, 1.807) is 14.2 Å². The SMILES string of the molecule is COc1cc(C)c(C2(C)CCS2)cc1OC. The summed E-state index contributed by atoms with van der Waals surface area (Å²) in [6.07, 6.45) is 1.24. The molecule has 0 bridgehead atoms. The Morgan fingerprint density at radius 3 is 2.19 bits per heavy atom. The van der Waals surface area contributed by atoms with Crippen LogP contribution in [0, 0.1) is 6.92 Å². The van der Waals surface area contributed by atoms with Crippen molar-refractivity contribution < 1.29 is 9.47 Å². The van der Waals surface area contributed by atoms with Crippen LogP contribution in [0.4, 0.5) is 0 Å². The zero-order valence-corrected chi connectivity index (χ0v) is 11.1. The molecule has 3 heteroatoms. The maximum absolute atomic E-state index is 5.36. The molecular weight excluding hydrogens is 220 g/mol. The second-order valence-corrected chi connectivity index (χ2v) is 5.95. The summed E-state index contributed by atoms with van der Waals surface area (Å²) in [5, 5.41) is 0. The number of thioether (sulfide) groups is 1. The van der Waals surface area contributed by atoms with Crippen molar-refractivity contribution in [2.45, 2.75) is 25.0 Å². The molecule has 1 aliphatic heterocycles. The zero-order valence-electron chi connectivity index (χ0n) is 10.3. The van der Waals surface area contributed by atoms with Crippen molar-refractivity contribution >= 4 is 11.8 Å². The van der Waals surface area contributed by atoms with E-state index < -0.39 is 0 Å². The Balaban J connectivity index is 2.46. The molecule has 0 radical (unpaired) electrons. The number of benzene rings is 1. The molecule has 1 fully saturated rings. The summed E-state index contributed by atoms with van der Waals surface area (Å²) in [6.45, 7) is 4.44. The van der Waals surface area contributed by atoms with Crippen LogP contribution in [0.5, 0.6) is 11.5 Å². The van der Waals surface area contributed by atoms with Crippen LogP contribution in [0.25, 0.3) is 0 Å². The Morgan fingerprint density at radius 1 is 1.19 bits per heavy atom. The lowest BCUT2D eigenvalue weighted by Crippen LogP contribution is -2.28. The fourth-order valence-corrected chi connectivity index (χ4v) is 3.36. The Morgan fingerprint density at radius 2 is 1.75 bits per heavy atom. The van der Waals surface area contributed by atoms with Crippen LogP contribution in [0.3, 0.4) is 0 Å². The summed E-state index contributed by atoms with van der Waals surface area (Å²) >= 11 is 2.01. The van der Waals surface area contributed by atoms with Crippen LogP contribution < -0.4 is 9.47 Å². The van der Waals surface area contributed by atoms with E-state index >= 15 is 0 Å². The van der Waals surface area contributed by atoms with Gasteiger partial charge in [0.1, 0.15) is 0 Å². The molecule has 1 aromatic carbocycles. The lowest BCUT2D eigenvalue weighted by molar-refractivity contribution is 0.353. The Labute approximate surface area is 101 Å². The van der Waals surface area contributed by atoms with Crippen LogP contribution >= 0.6 is 11.8 Å². The van der Waals surface area contributed by atoms with Crippen molar-refractivity contribution in [3.63, 3.8) is 0 Å². The summed E-state index contributed by atoms with van der Waals surface area (Å²) < 4.78 is 10.9. The maximum atomic E-state index is 5.36. The summed E-state index contributed by atoms with van der Waals surface area (Å²) in [6, 6.07) is 4.19. The van der Waals surface area contributed by atoms with Gasteiger partial charge in [0.2, 0.25) is 0 Å². The highest BCUT2D eigenvalue weighted by Crippen LogP contribution is 2.51. The molecule has 0 amide bonds. The molecule has 0 saturated carbocycles. The molecule has 0 aromatic heterocycles. The Bertz CT molecular complexity index is 397. The zero-order chi connectivity index (χ0) is 11.8. The van der Waals surface area contributed by atoms with Gasteiger partial charge in [0, 0.05) is 4.75 Å². The predicted octanol–water partition coefficient (Wildman–Crippen LogP) is 3.36. The number of ether oxygens (including phenoxy) is 2. The van der Waals surface area contributed by atoms with Gasteiger partial charge in [-0.15, -0.1) is 0 Å². The number of hydrogen-bond donors (Lipinski definition) is 0. The van der Waals surface area contributed by atoms with Crippen LogP contribution in [-0.4, -0.2) is 20.0 Å². The molecule has 16 heavy (non-hydrogen) atoms. The van der Waals surface area contributed by atoms with E-state index in [1.807, 2.05) is 11.8 Å². The minimum atomic E-state index is 0.267. The number of methoxy groups -OCH3 is 2. The normalized spacial score (nSPS) is 23.8. The molecule has 88 valence electrons. The van der Waals surface area contributed by atoms with Crippen molar-refractivity contribution in [2.24, 2.45) is 0 Å². The van der Waals surface area contributed by atoms with Gasteiger partial charge in [0.25, 0.3) is 0 Å². The fraction of sp³-hybridized carbons (Fsp3) is 0.538. The Hall–Kier alpha value is -0.830. The molecule has 1 unspecified atom stereocenters. The van der Waals surface area contributed by atoms with Crippen molar-refractivity contribution in [3.05, 3.63) is 23.3 Å². The van der Waals surface area contributed by atoms with Gasteiger partial charge in [-0.2, -0.15) is 11.8 Å². The molecule has 1 atom stereocenters. The smallest absolute Gasteiger partial charge is 0.161 e. The summed E-state index contributed by atoms with van der Waals surface area (Å²) in [5.41, 5.74) is 2.66. The first-order chi connectivity index (χ1) is 7.60. The highest BCUT2D eigenvalue weighted by atomic mass is 32.2. The van der Waals surface area contributed by atoms with Crippen LogP contribution in [0.1, 0.15) is 24.5 Å². The van der Waals surface area contributed by atoms with Gasteiger partial charge >= 0.3 is 0 Å². The second-order valence-electron chi connectivity index (χ2n) is 4.35. The molecular formula is C13H18O2S. The van der Waals surface area contributed by atoms with Gasteiger partial charge in [0.05, 0.1) is 14.2 Å². The van der Waals surface area contributed by atoms with Crippen molar-refractivity contribution in [1.29, 1.82) is 0 Å². The second kappa shape index (κ2) is 4.21. The number of aryl methyl sites for hydroxylation is 1. The van der Waals surface area contributed by atoms with E-state index in [9.17, 15) is 0 Å². The first kappa shape index (κ1) is 11.6. The first-order valence-corrected chi connectivity index (χ1v) is 6.46. The average molecular weight is 238 g/mol. The van der Waals surface area contributed by atoms with Crippen LogP contribution in [-0.2, 0) is 4.75 Å². The summed E-state index contributed by atoms with van der Waals surface area (Å²) in [5.74, 6) is 2.90. The van der Waals surface area contributed by atoms with E-state index in [0.717, 1.165) is 11.5 Å². The minimum Gasteiger partial charge on any atom is -0.493 e. The number of hydrogen-bond acceptors (Lipinski definition) is 3. The van der Waals surface area contributed by atoms with Crippen LogP contribution in [0.15, 0.2) is 12.1 Å². The molecule has 2 nitrogen and oxygen atoms in total. The highest BCUT2D eigenvalue weighted by Gasteiger charge is 2.36. The molecule has 2 rings (SSSR count). The molecule has 1 aliphatic rings. The highest BCUT2D eigenvalue weighted by molar-refractivity contribution is 8.01. The molecule has 1 heterocycles. The largest absolute Gasteiger partial charge is 0.493 e. The average Bonchev–Trinajstić information content (AvgIpc) is 2.25. The third-order valence-corrected chi connectivity index (χ3v) is 4.77. The lowest BCUT2D eigenvalue weighted by Gasteiger charge is -2.39. The van der Waals surface area contributed by atoms with Crippen LogP contribution in [0.2, 0.25) is 0 Å². The van der Waals surface area contributed by atoms with Crippen molar-refractivity contribution in [1.82, 2.24) is 0 Å². The van der Waals surface area contributed by atoms with E-state index in [4.69, 9.17) is 9.47 Å². The van der Waals surface area contributed by atoms with E-state index in [-0.39, 0.29) is 4.75 Å². The van der Waals surface area contributed by atoms with Gasteiger partial charge in [-0.05, 0) is 49.3 Å². The summed E-state index contributed by atoms with van der Waals surface area (Å²) in [7, 11) is 3.37. The molecule has 1 saturated heterocycles. The monoisotopic (exact) mass is 238 g/mol. The van der Waals surface area contributed by atoms with Crippen molar-refractivity contribution in [2.75, 3.05) is 20.0 Å². The molecule has 0 spiro atoms. The number of rotatable bonds is 3. The standard InChI is InChI=1S/C13H18O2S/c1-9-7-11(14-3)12(15-4)8-10(9)13(2)5-6-16-13/h7-8H,5-6H2,1-4H3. The van der Waals surface area contributed by atoms with Gasteiger partial charge in [0.15, 0.2) is 11.5 Å². The molecule has 0 N–H and O–H groups in total. The minimum absolute atomic E-state index is 0.267. The topological polar surface area (TPSA) is 18.5 Å². The lowest BCUT2D eigenvalue weighted by atomic mass is 9.92. The predicted molar refractivity (Wildman–Crippen MR) is 68.7 cm³/mol. The fourth-order valence-electron chi connectivity index (χ4n) is 2.17. The van der Waals surface area contributed by atoms with E-state index in [2.05, 4.69) is 26.0 Å². The van der Waals surface area contributed by atoms with Gasteiger partial charge in [-0.25, -0.2) is 0 Å². The third kappa shape index (κ3) is 1.77. The molecule has 0 aliphatic carbocycles. The van der Waals surface area contributed by atoms with E-state index in [0.29, 0.717) is 0 Å². The quantitative estimate of drug-likeness (QED) is 0.804.